The van der Waals surface area contributed by atoms with Gasteiger partial charge in [-0.2, -0.15) is 12.6 Å². The van der Waals surface area contributed by atoms with Crippen LogP contribution in [0.1, 0.15) is 87.4 Å². The zero-order valence-electron chi connectivity index (χ0n) is 39.4. The molecule has 394 valence electrons. The normalized spacial score (nSPS) is 19.0. The van der Waals surface area contributed by atoms with E-state index in [1.807, 2.05) is 0 Å². The summed E-state index contributed by atoms with van der Waals surface area (Å²) in [7, 11) is 0. The van der Waals surface area contributed by atoms with E-state index in [2.05, 4.69) is 75.5 Å². The van der Waals surface area contributed by atoms with Gasteiger partial charge in [0, 0.05) is 42.6 Å². The molecule has 0 saturated carbocycles. The van der Waals surface area contributed by atoms with Gasteiger partial charge in [0.2, 0.25) is 29.5 Å². The molecule has 1 aromatic carbocycles. The number of carbonyl (C=O) groups excluding carboxylic acids is 7. The quantitative estimate of drug-likeness (QED) is 0.0256. The third-order valence-electron chi connectivity index (χ3n) is 11.6. The van der Waals surface area contributed by atoms with Crippen LogP contribution in [-0.4, -0.2) is 173 Å². The van der Waals surface area contributed by atoms with Crippen LogP contribution in [0.5, 0.6) is 0 Å². The Morgan fingerprint density at radius 2 is 1.35 bits per heavy atom. The molecule has 28 heteroatoms. The molecule has 8 unspecified atom stereocenters. The van der Waals surface area contributed by atoms with Gasteiger partial charge in [-0.15, -0.1) is 0 Å². The minimum Gasteiger partial charge on any atom is -0.480 e. The number of nitrogens with one attached hydrogen (secondary N) is 9. The zero-order chi connectivity index (χ0) is 52.7. The summed E-state index contributed by atoms with van der Waals surface area (Å²) >= 11 is 4.20. The average Bonchev–Trinajstić information content (AvgIpc) is 3.90. The molecule has 0 aromatic heterocycles. The molecule has 4 rings (SSSR count). The van der Waals surface area contributed by atoms with Crippen molar-refractivity contribution in [2.45, 2.75) is 126 Å². The summed E-state index contributed by atoms with van der Waals surface area (Å²) < 4.78 is 0. The first kappa shape index (κ1) is 57.4. The van der Waals surface area contributed by atoms with Gasteiger partial charge in [-0.3, -0.25) is 48.9 Å². The number of carbonyl (C=O) groups is 10. The molecule has 3 aliphatic rings. The Bertz CT molecular complexity index is 2220. The number of carboxylic acid groups (broad SMARTS) is 3. The van der Waals surface area contributed by atoms with Crippen molar-refractivity contribution in [2.75, 3.05) is 37.2 Å². The number of thiol groups is 1. The third kappa shape index (κ3) is 18.9. The highest BCUT2D eigenvalue weighted by atomic mass is 32.1. The molecule has 27 nitrogen and oxygen atoms in total. The van der Waals surface area contributed by atoms with E-state index in [4.69, 9.17) is 11.5 Å². The summed E-state index contributed by atoms with van der Waals surface area (Å²) in [6.07, 6.45) is 2.28. The molecular formula is C44H64N14O13S. The number of fused-ring (bicyclic) bond motifs is 1. The number of hydrogen-bond donors (Lipinski definition) is 15. The zero-order valence-corrected chi connectivity index (χ0v) is 40.3. The van der Waals surface area contributed by atoms with Crippen LogP contribution in [0.2, 0.25) is 0 Å². The van der Waals surface area contributed by atoms with E-state index in [1.54, 1.807) is 12.1 Å². The molecule has 3 heterocycles. The lowest BCUT2D eigenvalue weighted by atomic mass is 10.1. The maximum Gasteiger partial charge on any atom is 0.326 e. The Labute approximate surface area is 419 Å². The van der Waals surface area contributed by atoms with Crippen LogP contribution in [0, 0.1) is 0 Å². The highest BCUT2D eigenvalue weighted by Gasteiger charge is 2.34. The highest BCUT2D eigenvalue weighted by Crippen LogP contribution is 2.16. The Morgan fingerprint density at radius 1 is 0.736 bits per heavy atom. The fraction of sp³-hybridized carbons (Fsp3) is 0.568. The largest absolute Gasteiger partial charge is 0.480 e. The lowest BCUT2D eigenvalue weighted by Crippen LogP contribution is -2.56. The number of carboxylic acids is 3. The van der Waals surface area contributed by atoms with Gasteiger partial charge in [-0.05, 0) is 102 Å². The number of unbranched alkanes of at least 4 members (excludes halogenated alkanes) is 2. The molecule has 8 atom stereocenters. The molecule has 1 fully saturated rings. The molecule has 0 spiro atoms. The SMILES string of the molecule is NCCCCC(NC(=O)C1CCCN1)C(=O)NC(CS)C(=O)NCCCCC(NC(=O)CCC(NC(=O)CCC(NC(=O)c1ccc(NCC2=NC3C(=O)NC(N)=NC3N=C2)cc1)C(=O)O)C(=O)O)C(=O)O. The van der Waals surface area contributed by atoms with E-state index in [1.165, 1.54) is 18.3 Å². The highest BCUT2D eigenvalue weighted by molar-refractivity contribution is 7.80. The fourth-order valence-electron chi connectivity index (χ4n) is 7.53. The lowest BCUT2D eigenvalue weighted by molar-refractivity contribution is -0.143. The van der Waals surface area contributed by atoms with Crippen molar-refractivity contribution in [3.8, 4) is 0 Å². The molecule has 1 saturated heterocycles. The lowest BCUT2D eigenvalue weighted by Gasteiger charge is -2.25. The summed E-state index contributed by atoms with van der Waals surface area (Å²) in [5.41, 5.74) is 12.3. The van der Waals surface area contributed by atoms with Crippen molar-refractivity contribution in [3.05, 3.63) is 29.8 Å². The van der Waals surface area contributed by atoms with E-state index >= 15 is 0 Å². The van der Waals surface area contributed by atoms with Gasteiger partial charge in [0.25, 0.3) is 11.8 Å². The van der Waals surface area contributed by atoms with Gasteiger partial charge in [0.05, 0.1) is 18.3 Å². The van der Waals surface area contributed by atoms with Crippen molar-refractivity contribution in [2.24, 2.45) is 26.4 Å². The number of anilines is 1. The first-order valence-electron chi connectivity index (χ1n) is 23.5. The second kappa shape index (κ2) is 29.2. The number of benzene rings is 1. The molecule has 0 aliphatic carbocycles. The number of rotatable bonds is 31. The fourth-order valence-corrected chi connectivity index (χ4v) is 7.79. The second-order valence-electron chi connectivity index (χ2n) is 17.1. The number of aliphatic carboxylic acids is 3. The van der Waals surface area contributed by atoms with E-state index in [0.29, 0.717) is 50.2 Å². The average molecular weight is 1030 g/mol. The molecule has 7 amide bonds. The van der Waals surface area contributed by atoms with Crippen LogP contribution in [0.3, 0.4) is 0 Å². The van der Waals surface area contributed by atoms with Gasteiger partial charge in [0.15, 0.2) is 18.2 Å². The van der Waals surface area contributed by atoms with Crippen LogP contribution >= 0.6 is 12.6 Å². The van der Waals surface area contributed by atoms with Crippen molar-refractivity contribution in [1.29, 1.82) is 0 Å². The Balaban J connectivity index is 1.15. The van der Waals surface area contributed by atoms with Crippen molar-refractivity contribution >= 4 is 95.5 Å². The molecule has 0 radical (unpaired) electrons. The van der Waals surface area contributed by atoms with Gasteiger partial charge < -0.3 is 69.3 Å². The van der Waals surface area contributed by atoms with Crippen molar-refractivity contribution in [1.82, 2.24) is 42.5 Å². The van der Waals surface area contributed by atoms with Crippen molar-refractivity contribution < 1.29 is 63.3 Å². The second-order valence-corrected chi connectivity index (χ2v) is 17.4. The van der Waals surface area contributed by atoms with E-state index < -0.39 is 127 Å². The number of hydrogen-bond acceptors (Lipinski definition) is 18. The van der Waals surface area contributed by atoms with Crippen LogP contribution in [0.25, 0.3) is 0 Å². The smallest absolute Gasteiger partial charge is 0.326 e. The van der Waals surface area contributed by atoms with Gasteiger partial charge >= 0.3 is 17.9 Å². The van der Waals surface area contributed by atoms with Gasteiger partial charge in [-0.1, -0.05) is 0 Å². The first-order chi connectivity index (χ1) is 34.4. The summed E-state index contributed by atoms with van der Waals surface area (Å²) in [6.45, 7) is 1.37. The molecule has 0 bridgehead atoms. The Kier molecular flexibility index (Phi) is 23.3. The standard InChI is InChI=1S/C44H64N14O13S/c45-17-3-1-6-27(54-38(63)26-8-5-19-47-26)39(64)56-31(22-72)37(62)48-18-4-2-7-28(41(66)67)52-32(59)15-13-29(42(68)69)53-33(60)16-14-30(43(70)71)55-36(61)23-9-11-24(12-10-23)49-20-25-21-50-35-34(51-25)40(65)58-44(46)57-35/h9-12,21,26-31,34-35,47,49,72H,1-8,13-20,22,45H2,(H,48,62)(H,52,59)(H,53,60)(H,54,63)(H,55,61)(H,56,64)(H,66,67)(H,68,69)(H,70,71)(H3,46,57,58,65). The number of nitrogens with two attached hydrogens (primary N) is 2. The number of amides is 7. The van der Waals surface area contributed by atoms with Crippen LogP contribution < -0.4 is 59.3 Å². The maximum absolute atomic E-state index is 13.2. The number of aliphatic imine (C=N–C) groups is 3. The summed E-state index contributed by atoms with van der Waals surface area (Å²) in [4.78, 5) is 138. The summed E-state index contributed by atoms with van der Waals surface area (Å²) in [6, 6.07) is -1.77. The van der Waals surface area contributed by atoms with Crippen LogP contribution in [-0.2, 0) is 43.2 Å². The Hall–Kier alpha value is -7.20. The minimum absolute atomic E-state index is 0.0430. The first-order valence-corrected chi connectivity index (χ1v) is 24.1. The summed E-state index contributed by atoms with van der Waals surface area (Å²) in [5.74, 6) is -8.74. The van der Waals surface area contributed by atoms with Crippen molar-refractivity contribution in [3.63, 3.8) is 0 Å². The van der Waals surface area contributed by atoms with E-state index in [9.17, 15) is 63.3 Å². The maximum atomic E-state index is 13.2. The molecule has 16 N–H and O–H groups in total. The monoisotopic (exact) mass is 1030 g/mol. The number of guanidine groups is 1. The predicted octanol–water partition coefficient (Wildman–Crippen LogP) is -3.29. The summed E-state index contributed by atoms with van der Waals surface area (Å²) in [5, 5.41) is 52.7. The Morgan fingerprint density at radius 3 is 1.94 bits per heavy atom. The predicted molar refractivity (Wildman–Crippen MR) is 263 cm³/mol. The molecular weight excluding hydrogens is 965 g/mol. The van der Waals surface area contributed by atoms with Crippen LogP contribution in [0.4, 0.5) is 5.69 Å². The van der Waals surface area contributed by atoms with Crippen LogP contribution in [0.15, 0.2) is 39.2 Å². The van der Waals surface area contributed by atoms with E-state index in [0.717, 1.165) is 6.42 Å². The molecule has 72 heavy (non-hydrogen) atoms. The topological polar surface area (TPSA) is 429 Å². The molecule has 1 aromatic rings. The molecule has 3 aliphatic heterocycles. The van der Waals surface area contributed by atoms with Gasteiger partial charge in [-0.25, -0.2) is 19.4 Å². The van der Waals surface area contributed by atoms with Gasteiger partial charge in [0.1, 0.15) is 30.2 Å². The van der Waals surface area contributed by atoms with E-state index in [-0.39, 0.29) is 55.5 Å². The minimum atomic E-state index is -1.60. The third-order valence-corrected chi connectivity index (χ3v) is 11.9. The number of nitrogens with zero attached hydrogens (tertiary/aromatic N) is 3.